The molecule has 0 unspecified atom stereocenters. The molecule has 1 aliphatic rings. The molecule has 61 heavy (non-hydrogen) atoms. The van der Waals surface area contributed by atoms with Crippen LogP contribution in [0.2, 0.25) is 0 Å². The maximum atomic E-state index is 12.4. The van der Waals surface area contributed by atoms with Gasteiger partial charge < -0.3 is 60.6 Å². The van der Waals surface area contributed by atoms with Crippen molar-refractivity contribution in [3.8, 4) is 17.2 Å². The van der Waals surface area contributed by atoms with Gasteiger partial charge in [-0.25, -0.2) is 0 Å². The third kappa shape index (κ3) is 16.5. The van der Waals surface area contributed by atoms with Gasteiger partial charge in [-0.3, -0.25) is 42.8 Å². The van der Waals surface area contributed by atoms with Crippen molar-refractivity contribution < 1.29 is 72.8 Å². The number of nitrogens with zero attached hydrogens (tertiary/aromatic N) is 3. The van der Waals surface area contributed by atoms with Gasteiger partial charge in [0.1, 0.15) is 35.7 Å². The van der Waals surface area contributed by atoms with Gasteiger partial charge in [0, 0.05) is 62.5 Å². The zero-order valence-corrected chi connectivity index (χ0v) is 36.5. The minimum absolute atomic E-state index is 0.0174. The van der Waals surface area contributed by atoms with E-state index in [2.05, 4.69) is 25.8 Å². The first kappa shape index (κ1) is 49.5. The predicted molar refractivity (Wildman–Crippen MR) is 226 cm³/mol. The topological polar surface area (TPSA) is 330 Å². The zero-order chi connectivity index (χ0) is 45.4. The summed E-state index contributed by atoms with van der Waals surface area (Å²) < 4.78 is 34.3. The molecular formula is C37H53N6O15P3. The van der Waals surface area contributed by atoms with Crippen molar-refractivity contribution in [2.45, 2.75) is 46.8 Å². The van der Waals surface area contributed by atoms with E-state index in [9.17, 15) is 72.8 Å². The molecule has 24 heteroatoms. The smallest absolute Gasteiger partial charge is 0.334 e. The van der Waals surface area contributed by atoms with Crippen molar-refractivity contribution >= 4 is 57.6 Å². The Labute approximate surface area is 351 Å². The van der Waals surface area contributed by atoms with Gasteiger partial charge in [-0.2, -0.15) is 0 Å². The molecule has 0 aromatic heterocycles. The first-order chi connectivity index (χ1) is 28.2. The molecule has 1 saturated heterocycles. The lowest BCUT2D eigenvalue weighted by atomic mass is 10.1. The maximum absolute atomic E-state index is 12.4. The quantitative estimate of drug-likeness (QED) is 0.0769. The van der Waals surface area contributed by atoms with Crippen molar-refractivity contribution in [1.82, 2.24) is 14.7 Å². The number of hydrogen-bond acceptors (Lipinski definition) is 12. The summed E-state index contributed by atoms with van der Waals surface area (Å²) in [7, 11) is -14.0. The number of benzene rings is 3. The summed E-state index contributed by atoms with van der Waals surface area (Å²) in [5.74, 6) is -3.80. The van der Waals surface area contributed by atoms with Crippen LogP contribution in [0.1, 0.15) is 39.8 Å². The molecule has 12 N–H and O–H groups in total. The average molecular weight is 915 g/mol. The Morgan fingerprint density at radius 1 is 0.475 bits per heavy atom. The number of phenols is 3. The number of carbonyl (C=O) groups is 3. The number of anilines is 3. The third-order valence-corrected chi connectivity index (χ3v) is 11.6. The van der Waals surface area contributed by atoms with Gasteiger partial charge in [0.2, 0.25) is 17.7 Å². The van der Waals surface area contributed by atoms with Crippen molar-refractivity contribution in [1.29, 1.82) is 0 Å². The Kier molecular flexibility index (Phi) is 16.8. The van der Waals surface area contributed by atoms with Crippen molar-refractivity contribution in [2.24, 2.45) is 0 Å². The van der Waals surface area contributed by atoms with Crippen LogP contribution in [0.15, 0.2) is 36.4 Å². The third-order valence-electron chi connectivity index (χ3n) is 9.47. The highest BCUT2D eigenvalue weighted by atomic mass is 31.2. The van der Waals surface area contributed by atoms with Gasteiger partial charge in [0.25, 0.3) is 0 Å². The van der Waals surface area contributed by atoms with Crippen molar-refractivity contribution in [3.05, 3.63) is 69.8 Å². The van der Waals surface area contributed by atoms with Crippen LogP contribution in [0.3, 0.4) is 0 Å². The number of phenolic OH excluding ortho intramolecular Hbond substituents is 3. The lowest BCUT2D eigenvalue weighted by Crippen LogP contribution is -2.42. The molecule has 1 fully saturated rings. The van der Waals surface area contributed by atoms with E-state index in [1.807, 2.05) is 4.90 Å². The highest BCUT2D eigenvalue weighted by Gasteiger charge is 2.25. The second-order valence-corrected chi connectivity index (χ2v) is 20.2. The fourth-order valence-corrected chi connectivity index (χ4v) is 8.32. The summed E-state index contributed by atoms with van der Waals surface area (Å²) in [4.78, 5) is 98.8. The molecule has 4 rings (SSSR count). The first-order valence-corrected chi connectivity index (χ1v) is 24.3. The number of hydrogen-bond donors (Lipinski definition) is 12. The van der Waals surface area contributed by atoms with E-state index in [0.29, 0.717) is 79.1 Å². The van der Waals surface area contributed by atoms with E-state index >= 15 is 0 Å². The molecule has 0 saturated carbocycles. The first-order valence-electron chi connectivity index (χ1n) is 18.9. The highest BCUT2D eigenvalue weighted by Crippen LogP contribution is 2.38. The number of aromatic hydroxyl groups is 3. The van der Waals surface area contributed by atoms with Crippen LogP contribution in [0.25, 0.3) is 0 Å². The lowest BCUT2D eigenvalue weighted by molar-refractivity contribution is -0.115. The number of nitrogens with one attached hydrogen (secondary N) is 3. The molecule has 0 spiro atoms. The summed E-state index contributed by atoms with van der Waals surface area (Å²) in [6.07, 6.45) is -2.63. The van der Waals surface area contributed by atoms with Gasteiger partial charge in [-0.1, -0.05) is 18.2 Å². The van der Waals surface area contributed by atoms with Gasteiger partial charge in [0.15, 0.2) is 0 Å². The Morgan fingerprint density at radius 2 is 0.721 bits per heavy atom. The van der Waals surface area contributed by atoms with E-state index in [4.69, 9.17) is 0 Å². The normalized spacial score (nSPS) is 15.3. The molecule has 3 aromatic rings. The van der Waals surface area contributed by atoms with E-state index in [1.165, 1.54) is 18.2 Å². The van der Waals surface area contributed by atoms with E-state index < -0.39 is 59.0 Å². The summed E-state index contributed by atoms with van der Waals surface area (Å²) in [6, 6.07) is 9.58. The number of rotatable bonds is 15. The van der Waals surface area contributed by atoms with E-state index in [1.54, 1.807) is 39.0 Å². The molecule has 0 aliphatic carbocycles. The number of carbonyl (C=O) groups excluding carboxylic acids is 3. The average Bonchev–Trinajstić information content (AvgIpc) is 3.08. The lowest BCUT2D eigenvalue weighted by Gasteiger charge is -2.33. The summed E-state index contributed by atoms with van der Waals surface area (Å²) in [6.45, 7) is 8.32. The monoisotopic (exact) mass is 914 g/mol. The van der Waals surface area contributed by atoms with E-state index in [0.717, 1.165) is 0 Å². The Bertz CT molecular complexity index is 2150. The fraction of sp³-hybridized carbons (Fsp3) is 0.432. The number of amides is 3. The Hall–Kier alpha value is -4.20. The van der Waals surface area contributed by atoms with Crippen LogP contribution < -0.4 is 16.0 Å². The van der Waals surface area contributed by atoms with E-state index in [-0.39, 0.29) is 53.9 Å². The van der Waals surface area contributed by atoms with Gasteiger partial charge >= 0.3 is 22.8 Å². The molecule has 0 radical (unpaired) electrons. The second kappa shape index (κ2) is 20.8. The maximum Gasteiger partial charge on any atom is 0.334 e. The number of aryl methyl sites for hydroxylation is 3. The summed E-state index contributed by atoms with van der Waals surface area (Å²) in [5.41, 5.74) is 3.14. The standard InChI is InChI=1S/C37H53N6O15P3/c1-23-11-26(35(47)29(14-23)38-32(44)20-59(50,51)52)17-41-5-4-6-42(18-27-12-24(2)15-30(36(27)48)39-33(45)21-60(53,54)55)8-10-43(9-7-41)19-28-13-25(3)16-31(37(28)49)40-34(46)22-61(56,57)58/h11-16,47-49H,4-10,17-22H2,1-3H3,(H,38,44)(H,39,45)(H,40,46)(H2,50,51,52)(H2,53,54,55)(H2,56,57,58). The molecule has 1 aliphatic heterocycles. The Morgan fingerprint density at radius 3 is 0.967 bits per heavy atom. The summed E-state index contributed by atoms with van der Waals surface area (Å²) >= 11 is 0. The molecule has 1 heterocycles. The second-order valence-electron chi connectivity index (χ2n) is 15.3. The fourth-order valence-electron chi connectivity index (χ4n) is 6.96. The summed E-state index contributed by atoms with van der Waals surface area (Å²) in [5, 5.41) is 40.8. The molecule has 0 bridgehead atoms. The van der Waals surface area contributed by atoms with Crippen LogP contribution in [0.4, 0.5) is 17.1 Å². The SMILES string of the molecule is Cc1cc(CN2CCCN(Cc3cc(C)cc(NC(=O)CP(=O)(O)O)c3O)CCN(Cc3cc(C)cc(NC(=O)CP(=O)(O)O)c3O)CC2)c(O)c(NC(=O)CP(=O)(O)O)c1. The van der Waals surface area contributed by atoms with Crippen LogP contribution >= 0.6 is 22.8 Å². The minimum Gasteiger partial charge on any atom is -0.505 e. The zero-order valence-electron chi connectivity index (χ0n) is 33.8. The van der Waals surface area contributed by atoms with Gasteiger partial charge in [0.05, 0.1) is 17.1 Å². The van der Waals surface area contributed by atoms with Crippen LogP contribution in [0.5, 0.6) is 17.2 Å². The minimum atomic E-state index is -4.69. The van der Waals surface area contributed by atoms with Crippen LogP contribution in [-0.2, 0) is 47.7 Å². The Balaban J connectivity index is 1.64. The predicted octanol–water partition coefficient (Wildman–Crippen LogP) is 2.29. The van der Waals surface area contributed by atoms with Crippen LogP contribution in [-0.4, -0.2) is 135 Å². The molecule has 3 amide bonds. The molecule has 0 atom stereocenters. The largest absolute Gasteiger partial charge is 0.505 e. The van der Waals surface area contributed by atoms with Crippen molar-refractivity contribution in [3.63, 3.8) is 0 Å². The molecule has 336 valence electrons. The molecule has 21 nitrogen and oxygen atoms in total. The molecule has 3 aromatic carbocycles. The van der Waals surface area contributed by atoms with Crippen LogP contribution in [0, 0.1) is 20.8 Å². The highest BCUT2D eigenvalue weighted by molar-refractivity contribution is 7.53. The van der Waals surface area contributed by atoms with Crippen molar-refractivity contribution in [2.75, 3.05) is 73.7 Å². The van der Waals surface area contributed by atoms with Gasteiger partial charge in [-0.05, 0) is 75.2 Å². The van der Waals surface area contributed by atoms with Gasteiger partial charge in [-0.15, -0.1) is 0 Å². The molecular weight excluding hydrogens is 861 g/mol.